The van der Waals surface area contributed by atoms with Crippen molar-refractivity contribution >= 4 is 28.1 Å². The van der Waals surface area contributed by atoms with Gasteiger partial charge in [-0.2, -0.15) is 0 Å². The summed E-state index contributed by atoms with van der Waals surface area (Å²) < 4.78 is 0. The minimum atomic E-state index is 0.163. The van der Waals surface area contributed by atoms with Crippen LogP contribution in [-0.4, -0.2) is 18.0 Å². The lowest BCUT2D eigenvalue weighted by molar-refractivity contribution is 0.685. The number of hydrogen-bond acceptors (Lipinski definition) is 3. The molecule has 3 rings (SSSR count). The summed E-state index contributed by atoms with van der Waals surface area (Å²) >= 11 is 1.73. The fourth-order valence-corrected chi connectivity index (χ4v) is 3.61. The lowest BCUT2D eigenvalue weighted by Gasteiger charge is -2.18. The number of aromatic nitrogens is 1. The summed E-state index contributed by atoms with van der Waals surface area (Å²) in [5.74, 6) is 0.783. The topological polar surface area (TPSA) is 49.3 Å². The zero-order valence-electron chi connectivity index (χ0n) is 15.1. The summed E-state index contributed by atoms with van der Waals surface area (Å²) in [5, 5.41) is 10.4. The second-order valence-electron chi connectivity index (χ2n) is 6.15. The summed E-state index contributed by atoms with van der Waals surface area (Å²) in [6.45, 7) is 6.98. The number of hydrogen-bond donors (Lipinski definition) is 2. The molecule has 2 aromatic carbocycles. The zero-order chi connectivity index (χ0) is 17.8. The Morgan fingerprint density at radius 3 is 2.60 bits per heavy atom. The van der Waals surface area contributed by atoms with E-state index in [1.54, 1.807) is 18.4 Å². The maximum atomic E-state index is 4.56. The molecule has 0 aliphatic carbocycles. The number of rotatable bonds is 4. The summed E-state index contributed by atoms with van der Waals surface area (Å²) in [4.78, 5) is 10.2. The highest BCUT2D eigenvalue weighted by atomic mass is 32.1. The van der Waals surface area contributed by atoms with E-state index in [4.69, 9.17) is 0 Å². The van der Waals surface area contributed by atoms with Gasteiger partial charge in [-0.05, 0) is 43.2 Å². The Kier molecular flexibility index (Phi) is 5.34. The molecule has 0 aliphatic heterocycles. The highest BCUT2D eigenvalue weighted by Crippen LogP contribution is 2.20. The Morgan fingerprint density at radius 1 is 1.16 bits per heavy atom. The van der Waals surface area contributed by atoms with Crippen LogP contribution in [0.25, 0.3) is 10.8 Å². The minimum Gasteiger partial charge on any atom is -0.350 e. The maximum Gasteiger partial charge on any atom is 0.191 e. The molecule has 130 valence electrons. The van der Waals surface area contributed by atoms with Crippen LogP contribution in [0.3, 0.4) is 0 Å². The maximum absolute atomic E-state index is 4.56. The first-order valence-corrected chi connectivity index (χ1v) is 9.27. The van der Waals surface area contributed by atoms with Gasteiger partial charge < -0.3 is 10.6 Å². The molecular weight excluding hydrogens is 328 g/mol. The van der Waals surface area contributed by atoms with Gasteiger partial charge in [0, 0.05) is 11.9 Å². The van der Waals surface area contributed by atoms with Crippen molar-refractivity contribution in [2.24, 2.45) is 4.99 Å². The first-order chi connectivity index (χ1) is 12.1. The molecule has 0 amide bonds. The molecule has 0 radical (unpaired) electrons. The Balaban J connectivity index is 1.65. The van der Waals surface area contributed by atoms with Crippen molar-refractivity contribution in [1.82, 2.24) is 15.6 Å². The van der Waals surface area contributed by atoms with Gasteiger partial charge in [-0.3, -0.25) is 4.99 Å². The van der Waals surface area contributed by atoms with Crippen LogP contribution < -0.4 is 10.6 Å². The van der Waals surface area contributed by atoms with Crippen LogP contribution in [0.2, 0.25) is 0 Å². The first-order valence-electron chi connectivity index (χ1n) is 8.45. The highest BCUT2D eigenvalue weighted by Gasteiger charge is 2.10. The van der Waals surface area contributed by atoms with E-state index in [0.29, 0.717) is 6.54 Å². The standard InChI is InChI=1S/C20H24N4S/c1-13-15(3)25-19(23-13)12-22-20(21-4)24-14(2)17-10-9-16-7-5-6-8-18(16)11-17/h5-11,14H,12H2,1-4H3,(H2,21,22,24). The first kappa shape index (κ1) is 17.4. The minimum absolute atomic E-state index is 0.163. The third-order valence-corrected chi connectivity index (χ3v) is 5.40. The van der Waals surface area contributed by atoms with E-state index >= 15 is 0 Å². The predicted molar refractivity (Wildman–Crippen MR) is 107 cm³/mol. The van der Waals surface area contributed by atoms with Crippen molar-refractivity contribution in [2.75, 3.05) is 7.05 Å². The van der Waals surface area contributed by atoms with Crippen LogP contribution >= 0.6 is 11.3 Å². The normalized spacial score (nSPS) is 13.0. The molecule has 1 aromatic heterocycles. The molecule has 0 saturated carbocycles. The number of benzene rings is 2. The molecule has 0 saturated heterocycles. The van der Waals surface area contributed by atoms with Crippen molar-refractivity contribution in [3.63, 3.8) is 0 Å². The second kappa shape index (κ2) is 7.66. The zero-order valence-corrected chi connectivity index (χ0v) is 15.9. The number of guanidine groups is 1. The van der Waals surface area contributed by atoms with Gasteiger partial charge >= 0.3 is 0 Å². The number of nitrogens with zero attached hydrogens (tertiary/aromatic N) is 2. The van der Waals surface area contributed by atoms with E-state index in [9.17, 15) is 0 Å². The number of nitrogens with one attached hydrogen (secondary N) is 2. The smallest absolute Gasteiger partial charge is 0.191 e. The third kappa shape index (κ3) is 4.17. The summed E-state index contributed by atoms with van der Waals surface area (Å²) in [6.07, 6.45) is 0. The molecule has 0 bridgehead atoms. The van der Waals surface area contributed by atoms with Gasteiger partial charge in [0.1, 0.15) is 5.01 Å². The molecule has 3 aromatic rings. The molecule has 2 N–H and O–H groups in total. The van der Waals surface area contributed by atoms with Crippen molar-refractivity contribution < 1.29 is 0 Å². The summed E-state index contributed by atoms with van der Waals surface area (Å²) in [6, 6.07) is 15.1. The Labute approximate surface area is 153 Å². The van der Waals surface area contributed by atoms with Crippen LogP contribution in [0.4, 0.5) is 0 Å². The number of thiazole rings is 1. The van der Waals surface area contributed by atoms with Crippen LogP contribution in [0.15, 0.2) is 47.5 Å². The number of aliphatic imine (C=N–C) groups is 1. The summed E-state index contributed by atoms with van der Waals surface area (Å²) in [5.41, 5.74) is 2.34. The molecule has 1 unspecified atom stereocenters. The Hall–Kier alpha value is -2.40. The van der Waals surface area contributed by atoms with E-state index in [1.807, 2.05) is 6.92 Å². The second-order valence-corrected chi connectivity index (χ2v) is 7.44. The molecule has 0 aliphatic rings. The van der Waals surface area contributed by atoms with Crippen molar-refractivity contribution in [2.45, 2.75) is 33.4 Å². The van der Waals surface area contributed by atoms with Crippen molar-refractivity contribution in [3.8, 4) is 0 Å². The van der Waals surface area contributed by atoms with Gasteiger partial charge in [-0.25, -0.2) is 4.98 Å². The van der Waals surface area contributed by atoms with Gasteiger partial charge in [0.15, 0.2) is 5.96 Å². The van der Waals surface area contributed by atoms with Gasteiger partial charge in [0.05, 0.1) is 18.3 Å². The Bertz CT molecular complexity index is 878. The molecule has 5 heteroatoms. The lowest BCUT2D eigenvalue weighted by Crippen LogP contribution is -2.38. The fraction of sp³-hybridized carbons (Fsp3) is 0.300. The summed E-state index contributed by atoms with van der Waals surface area (Å²) in [7, 11) is 1.79. The molecule has 1 atom stereocenters. The average molecular weight is 353 g/mol. The lowest BCUT2D eigenvalue weighted by atomic mass is 10.0. The number of fused-ring (bicyclic) bond motifs is 1. The molecule has 1 heterocycles. The molecular formula is C20H24N4S. The van der Waals surface area contributed by atoms with E-state index in [1.165, 1.54) is 21.2 Å². The molecule has 4 nitrogen and oxygen atoms in total. The Morgan fingerprint density at radius 2 is 1.92 bits per heavy atom. The SMILES string of the molecule is CN=C(NCc1nc(C)c(C)s1)NC(C)c1ccc2ccccc2c1. The van der Waals surface area contributed by atoms with Gasteiger partial charge in [0.25, 0.3) is 0 Å². The van der Waals surface area contributed by atoms with Crippen LogP contribution in [0.1, 0.15) is 34.1 Å². The van der Waals surface area contributed by atoms with Gasteiger partial charge in [-0.1, -0.05) is 36.4 Å². The van der Waals surface area contributed by atoms with Crippen LogP contribution in [0, 0.1) is 13.8 Å². The van der Waals surface area contributed by atoms with Crippen molar-refractivity contribution in [1.29, 1.82) is 0 Å². The quantitative estimate of drug-likeness (QED) is 0.542. The predicted octanol–water partition coefficient (Wildman–Crippen LogP) is 4.34. The molecule has 0 fully saturated rings. The average Bonchev–Trinajstić information content (AvgIpc) is 2.95. The molecule has 0 spiro atoms. The number of aryl methyl sites for hydroxylation is 2. The van der Waals surface area contributed by atoms with E-state index < -0.39 is 0 Å². The van der Waals surface area contributed by atoms with Crippen LogP contribution in [-0.2, 0) is 6.54 Å². The monoisotopic (exact) mass is 352 g/mol. The van der Waals surface area contributed by atoms with Gasteiger partial charge in [-0.15, -0.1) is 11.3 Å². The van der Waals surface area contributed by atoms with E-state index in [-0.39, 0.29) is 6.04 Å². The molecule has 25 heavy (non-hydrogen) atoms. The van der Waals surface area contributed by atoms with Gasteiger partial charge in [0.2, 0.25) is 0 Å². The van der Waals surface area contributed by atoms with Crippen LogP contribution in [0.5, 0.6) is 0 Å². The van der Waals surface area contributed by atoms with E-state index in [0.717, 1.165) is 16.7 Å². The fourth-order valence-electron chi connectivity index (χ4n) is 2.73. The highest BCUT2D eigenvalue weighted by molar-refractivity contribution is 7.11. The van der Waals surface area contributed by atoms with Crippen molar-refractivity contribution in [3.05, 3.63) is 63.6 Å². The third-order valence-electron chi connectivity index (χ3n) is 4.33. The largest absolute Gasteiger partial charge is 0.350 e. The van der Waals surface area contributed by atoms with E-state index in [2.05, 4.69) is 76.9 Å².